The zero-order valence-electron chi connectivity index (χ0n) is 64.5. The van der Waals surface area contributed by atoms with Crippen molar-refractivity contribution in [3.05, 3.63) is 407 Å². The highest BCUT2D eigenvalue weighted by atomic mass is 16.5. The van der Waals surface area contributed by atoms with E-state index in [2.05, 4.69) is 322 Å². The van der Waals surface area contributed by atoms with Crippen LogP contribution in [-0.2, 0) is 0 Å². The highest BCUT2D eigenvalue weighted by molar-refractivity contribution is 6.13. The van der Waals surface area contributed by atoms with E-state index in [-0.39, 0.29) is 0 Å². The van der Waals surface area contributed by atoms with Crippen LogP contribution in [0.2, 0.25) is 0 Å². The Kier molecular flexibility index (Phi) is 16.7. The third-order valence-corrected chi connectivity index (χ3v) is 23.1. The Hall–Kier alpha value is -16.3. The van der Waals surface area contributed by atoms with Gasteiger partial charge in [-0.15, -0.1) is 0 Å². The fraction of sp³-hybridized carbons (Fsp3) is 0. The Morgan fingerprint density at radius 2 is 0.408 bits per heavy atom. The lowest BCUT2D eigenvalue weighted by Gasteiger charge is -2.11. The van der Waals surface area contributed by atoms with E-state index in [9.17, 15) is 0 Å². The number of furan rings is 4. The average Bonchev–Trinajstić information content (AvgIpc) is 1.59. The summed E-state index contributed by atoms with van der Waals surface area (Å²) in [5.74, 6) is 1.55. The second-order valence-electron chi connectivity index (χ2n) is 30.4. The molecule has 0 unspecified atom stereocenters. The van der Waals surface area contributed by atoms with E-state index in [0.29, 0.717) is 0 Å². The van der Waals surface area contributed by atoms with Crippen molar-refractivity contribution in [1.29, 1.82) is 0 Å². The molecule has 0 saturated heterocycles. The number of ether oxygens (including phenoxy) is 1. The maximum absolute atomic E-state index is 6.46. The van der Waals surface area contributed by atoms with Crippen LogP contribution in [0.5, 0.6) is 11.5 Å². The van der Waals surface area contributed by atoms with Gasteiger partial charge in [-0.1, -0.05) is 188 Å². The molecule has 0 atom stereocenters. The average molecular weight is 1540 g/mol. The fourth-order valence-corrected chi connectivity index (χ4v) is 17.2. The summed E-state index contributed by atoms with van der Waals surface area (Å²) in [5.41, 5.74) is 36.2. The molecule has 0 aliphatic rings. The maximum atomic E-state index is 6.46. The molecule has 24 rings (SSSR count). The first-order valence-electron chi connectivity index (χ1n) is 40.1. The number of aromatic nitrogens is 5. The second-order valence-corrected chi connectivity index (χ2v) is 30.4. The van der Waals surface area contributed by atoms with Gasteiger partial charge in [0.15, 0.2) is 22.3 Å². The van der Waals surface area contributed by atoms with Gasteiger partial charge in [-0.2, -0.15) is 0 Å². The van der Waals surface area contributed by atoms with Crippen LogP contribution in [0.1, 0.15) is 0 Å². The summed E-state index contributed by atoms with van der Waals surface area (Å²) in [6.07, 6.45) is 7.24. The Morgan fingerprint density at radius 1 is 0.175 bits per heavy atom. The number of benzene rings is 15. The molecule has 0 spiro atoms. The number of hydrogen-bond acceptors (Lipinski definition) is 9. The molecule has 24 aromatic rings. The Labute approximate surface area is 688 Å². The normalized spacial score (nSPS) is 11.7. The molecule has 0 bridgehead atoms. The first-order valence-corrected chi connectivity index (χ1v) is 40.1. The van der Waals surface area contributed by atoms with Gasteiger partial charge in [0.25, 0.3) is 0 Å². The molecule has 562 valence electrons. The predicted octanol–water partition coefficient (Wildman–Crippen LogP) is 30.1. The molecule has 0 aliphatic carbocycles. The lowest BCUT2D eigenvalue weighted by Crippen LogP contribution is -1.93. The van der Waals surface area contributed by atoms with E-state index >= 15 is 0 Å². The van der Waals surface area contributed by atoms with Crippen molar-refractivity contribution in [3.8, 4) is 128 Å². The molecule has 10 nitrogen and oxygen atoms in total. The third kappa shape index (κ3) is 12.6. The van der Waals surface area contributed by atoms with Gasteiger partial charge in [0.05, 0.1) is 11.0 Å². The van der Waals surface area contributed by atoms with Crippen LogP contribution in [0.4, 0.5) is 0 Å². The summed E-state index contributed by atoms with van der Waals surface area (Å²) in [4.78, 5) is 18.3. The van der Waals surface area contributed by atoms with E-state index in [0.717, 1.165) is 194 Å². The van der Waals surface area contributed by atoms with Crippen molar-refractivity contribution in [3.63, 3.8) is 0 Å². The molecule has 0 saturated carbocycles. The van der Waals surface area contributed by atoms with E-state index in [1.165, 1.54) is 44.1 Å². The Bertz CT molecular complexity index is 7730. The van der Waals surface area contributed by atoms with Crippen molar-refractivity contribution in [1.82, 2.24) is 24.5 Å². The first-order chi connectivity index (χ1) is 59.4. The largest absolute Gasteiger partial charge is 0.457 e. The Balaban J connectivity index is 0.000000147. The van der Waals surface area contributed by atoms with Crippen molar-refractivity contribution in [2.45, 2.75) is 0 Å². The Morgan fingerprint density at radius 3 is 0.683 bits per heavy atom. The molecule has 0 radical (unpaired) electrons. The van der Waals surface area contributed by atoms with Crippen LogP contribution >= 0.6 is 0 Å². The number of pyridine rings is 4. The monoisotopic (exact) mass is 1540 g/mol. The summed E-state index contributed by atoms with van der Waals surface area (Å²) in [6, 6.07) is 134. The van der Waals surface area contributed by atoms with Crippen LogP contribution < -0.4 is 4.74 Å². The van der Waals surface area contributed by atoms with E-state index < -0.39 is 0 Å². The molecule has 9 heterocycles. The van der Waals surface area contributed by atoms with Crippen LogP contribution in [0, 0.1) is 0 Å². The zero-order valence-corrected chi connectivity index (χ0v) is 64.5. The van der Waals surface area contributed by atoms with Gasteiger partial charge in [0, 0.05) is 62.8 Å². The molecule has 0 amide bonds. The van der Waals surface area contributed by atoms with Gasteiger partial charge >= 0.3 is 0 Å². The minimum absolute atomic E-state index is 0.774. The number of hydrogen-bond donors (Lipinski definition) is 0. The van der Waals surface area contributed by atoms with Crippen molar-refractivity contribution in [2.24, 2.45) is 0 Å². The molecule has 0 N–H and O–H groups in total. The minimum Gasteiger partial charge on any atom is -0.457 e. The fourth-order valence-electron chi connectivity index (χ4n) is 17.2. The van der Waals surface area contributed by atoms with Gasteiger partial charge in [-0.25, -0.2) is 0 Å². The molecular formula is C110H67N5O5. The molecule has 120 heavy (non-hydrogen) atoms. The quantitative estimate of drug-likeness (QED) is 0.111. The lowest BCUT2D eigenvalue weighted by atomic mass is 9.94. The highest BCUT2D eigenvalue weighted by Gasteiger charge is 2.20. The highest BCUT2D eigenvalue weighted by Crippen LogP contribution is 2.44. The summed E-state index contributed by atoms with van der Waals surface area (Å²) >= 11 is 0. The molecule has 15 aromatic carbocycles. The van der Waals surface area contributed by atoms with Gasteiger partial charge in [0.2, 0.25) is 0 Å². The van der Waals surface area contributed by atoms with Gasteiger partial charge < -0.3 is 27.0 Å². The predicted molar refractivity (Wildman–Crippen MR) is 488 cm³/mol. The van der Waals surface area contributed by atoms with Crippen molar-refractivity contribution < 1.29 is 22.4 Å². The van der Waals surface area contributed by atoms with Crippen LogP contribution in [0.25, 0.3) is 227 Å². The number of fused-ring (bicyclic) bond motifs is 15. The van der Waals surface area contributed by atoms with Gasteiger partial charge in [0.1, 0.15) is 55.9 Å². The summed E-state index contributed by atoms with van der Waals surface area (Å²) < 4.78 is 33.0. The SMILES string of the molecule is c1cc(Oc2cccc(-c3cccc(-c4ccc5oc6cccnc6c5c4)c3)c2)cc(-c2cccc(-c3ccc4oc5cccnc5c4c3)c2)c1.c1ccc(-n2c3ccc(-c4cccc(-c5cccc(-c6ccc7oc8cccnc8c7c6)c5)c4)cc3c3cc(-c4cccc(-c5cccc(-c6ccc7oc8cccnc8c7c6)c5)c4)ccc32)cc1. The summed E-state index contributed by atoms with van der Waals surface area (Å²) in [6.45, 7) is 0. The van der Waals surface area contributed by atoms with Crippen LogP contribution in [0.3, 0.4) is 0 Å². The molecule has 9 aromatic heterocycles. The van der Waals surface area contributed by atoms with Gasteiger partial charge in [-0.05, 0) is 305 Å². The van der Waals surface area contributed by atoms with E-state index in [4.69, 9.17) is 22.4 Å². The molecule has 0 fully saturated rings. The maximum Gasteiger partial charge on any atom is 0.153 e. The smallest absolute Gasteiger partial charge is 0.153 e. The van der Waals surface area contributed by atoms with E-state index in [1.54, 1.807) is 12.4 Å². The molecule has 0 aliphatic heterocycles. The first kappa shape index (κ1) is 69.2. The standard InChI is InChI=1S/C64H39N3O2.C46H28N2O3/c1-2-18-52(19-3-1)67-57-26-22-48(44-14-4-10-40(32-44)42-12-6-16-46(34-42)50-24-28-59-55(38-50)63-61(68-59)20-8-30-65-63)36-53(57)54-37-49(23-27-58(54)67)45-15-5-11-41(33-45)43-13-7-17-47(35-43)51-25-29-60-56(39-51)64-62(69-60)21-9-31-66-64;1-7-29(23-31(9-1)35-17-19-41-39(27-35)45-43(50-41)15-5-21-47-45)33-11-3-13-37(25-33)49-38-14-4-12-34(26-38)30-8-2-10-32(24-30)36-18-20-42-40(28-36)46-44(51-42)16-6-22-48-46/h1-39H;1-28H. The van der Waals surface area contributed by atoms with E-state index in [1.807, 2.05) is 97.3 Å². The third-order valence-electron chi connectivity index (χ3n) is 23.1. The van der Waals surface area contributed by atoms with Gasteiger partial charge in [-0.3, -0.25) is 19.9 Å². The lowest BCUT2D eigenvalue weighted by molar-refractivity contribution is 0.483. The van der Waals surface area contributed by atoms with Crippen LogP contribution in [-0.4, -0.2) is 24.5 Å². The van der Waals surface area contributed by atoms with Crippen LogP contribution in [0.15, 0.2) is 425 Å². The molecular weight excluding hydrogens is 1470 g/mol. The van der Waals surface area contributed by atoms with Crippen molar-refractivity contribution in [2.75, 3.05) is 0 Å². The number of para-hydroxylation sites is 1. The topological polar surface area (TPSA) is 118 Å². The second kappa shape index (κ2) is 28.9. The minimum atomic E-state index is 0.774. The summed E-state index contributed by atoms with van der Waals surface area (Å²) in [5, 5.41) is 6.49. The zero-order chi connectivity index (χ0) is 79.1. The van der Waals surface area contributed by atoms with Crippen molar-refractivity contribution >= 4 is 110 Å². The summed E-state index contributed by atoms with van der Waals surface area (Å²) in [7, 11) is 0. The number of nitrogens with zero attached hydrogens (tertiary/aromatic N) is 5. The molecule has 10 heteroatoms. The number of rotatable bonds is 13.